The topological polar surface area (TPSA) is 114 Å². The zero-order chi connectivity index (χ0) is 17.9. The molecule has 0 aliphatic carbocycles. The van der Waals surface area contributed by atoms with Crippen molar-refractivity contribution >= 4 is 17.7 Å². The number of methoxy groups -OCH3 is 1. The van der Waals surface area contributed by atoms with E-state index in [4.69, 9.17) is 14.6 Å². The summed E-state index contributed by atoms with van der Waals surface area (Å²) in [5.74, 6) is -0.724. The molecule has 1 aromatic heterocycles. The maximum absolute atomic E-state index is 11.9. The number of amides is 1. The number of rotatable bonds is 4. The largest absolute Gasteiger partial charge is 0.495 e. The normalized spacial score (nSPS) is 11.0. The van der Waals surface area contributed by atoms with Gasteiger partial charge >= 0.3 is 12.1 Å². The van der Waals surface area contributed by atoms with E-state index in [1.165, 1.54) is 13.3 Å². The summed E-state index contributed by atoms with van der Waals surface area (Å²) in [6, 6.07) is 4.85. The fourth-order valence-electron chi connectivity index (χ4n) is 2.03. The number of H-pyrrole nitrogens is 1. The van der Waals surface area contributed by atoms with E-state index >= 15 is 0 Å². The Hall–Kier alpha value is -3.03. The van der Waals surface area contributed by atoms with E-state index in [2.05, 4.69) is 15.5 Å². The van der Waals surface area contributed by atoms with E-state index in [0.29, 0.717) is 22.7 Å². The number of aromatic carboxylic acids is 1. The molecule has 8 heteroatoms. The van der Waals surface area contributed by atoms with Crippen molar-refractivity contribution < 1.29 is 24.2 Å². The second-order valence-corrected chi connectivity index (χ2v) is 6.01. The molecule has 128 valence electrons. The first-order valence-electron chi connectivity index (χ1n) is 7.16. The first-order chi connectivity index (χ1) is 11.2. The number of carbonyl (C=O) groups is 2. The van der Waals surface area contributed by atoms with Gasteiger partial charge in [-0.05, 0) is 32.9 Å². The van der Waals surface area contributed by atoms with Gasteiger partial charge in [-0.25, -0.2) is 9.59 Å². The second-order valence-electron chi connectivity index (χ2n) is 6.01. The van der Waals surface area contributed by atoms with Crippen molar-refractivity contribution in [3.63, 3.8) is 0 Å². The summed E-state index contributed by atoms with van der Waals surface area (Å²) in [5.41, 5.74) is 0.752. The van der Waals surface area contributed by atoms with Crippen LogP contribution in [-0.4, -0.2) is 40.1 Å². The summed E-state index contributed by atoms with van der Waals surface area (Å²) in [4.78, 5) is 23.1. The van der Waals surface area contributed by atoms with Crippen LogP contribution in [0, 0.1) is 0 Å². The molecule has 24 heavy (non-hydrogen) atoms. The van der Waals surface area contributed by atoms with Gasteiger partial charge in [-0.2, -0.15) is 5.10 Å². The number of carbonyl (C=O) groups excluding carboxylic acids is 1. The van der Waals surface area contributed by atoms with Gasteiger partial charge in [-0.15, -0.1) is 0 Å². The molecule has 0 bridgehead atoms. The molecule has 0 radical (unpaired) electrons. The molecular weight excluding hydrogens is 314 g/mol. The number of benzene rings is 1. The van der Waals surface area contributed by atoms with Gasteiger partial charge in [0, 0.05) is 5.56 Å². The third-order valence-electron chi connectivity index (χ3n) is 3.00. The SMILES string of the molecule is COc1cc(-c2[nH]ncc2C(=O)O)ccc1NC(=O)OC(C)(C)C. The Morgan fingerprint density at radius 2 is 2.00 bits per heavy atom. The van der Waals surface area contributed by atoms with Crippen LogP contribution in [0.2, 0.25) is 0 Å². The van der Waals surface area contributed by atoms with Crippen LogP contribution >= 0.6 is 0 Å². The molecule has 2 rings (SSSR count). The summed E-state index contributed by atoms with van der Waals surface area (Å²) >= 11 is 0. The summed E-state index contributed by atoms with van der Waals surface area (Å²) in [5, 5.41) is 18.2. The standard InChI is InChI=1S/C16H19N3O5/c1-16(2,3)24-15(22)18-11-6-5-9(7-12(11)23-4)13-10(14(20)21)8-17-19-13/h5-8H,1-4H3,(H,17,19)(H,18,22)(H,20,21). The quantitative estimate of drug-likeness (QED) is 0.792. The molecule has 0 fully saturated rings. The summed E-state index contributed by atoms with van der Waals surface area (Å²) in [6.45, 7) is 5.29. The van der Waals surface area contributed by atoms with E-state index in [9.17, 15) is 9.59 Å². The highest BCUT2D eigenvalue weighted by atomic mass is 16.6. The lowest BCUT2D eigenvalue weighted by atomic mass is 10.1. The summed E-state index contributed by atoms with van der Waals surface area (Å²) in [6.07, 6.45) is 0.623. The van der Waals surface area contributed by atoms with Crippen molar-refractivity contribution in [1.82, 2.24) is 10.2 Å². The number of nitrogens with one attached hydrogen (secondary N) is 2. The zero-order valence-electron chi connectivity index (χ0n) is 13.8. The Bertz CT molecular complexity index is 761. The van der Waals surface area contributed by atoms with E-state index in [1.54, 1.807) is 39.0 Å². The van der Waals surface area contributed by atoms with Crippen LogP contribution in [0.3, 0.4) is 0 Å². The fourth-order valence-corrected chi connectivity index (χ4v) is 2.03. The average Bonchev–Trinajstić information content (AvgIpc) is 2.95. The van der Waals surface area contributed by atoms with E-state index in [0.717, 1.165) is 0 Å². The fraction of sp³-hybridized carbons (Fsp3) is 0.312. The van der Waals surface area contributed by atoms with Crippen LogP contribution < -0.4 is 10.1 Å². The molecule has 1 amide bonds. The molecule has 0 saturated carbocycles. The number of carboxylic acid groups (broad SMARTS) is 1. The van der Waals surface area contributed by atoms with Gasteiger partial charge < -0.3 is 14.6 Å². The molecule has 1 heterocycles. The number of aromatic nitrogens is 2. The molecule has 0 spiro atoms. The molecule has 0 aliphatic heterocycles. The Morgan fingerprint density at radius 1 is 1.29 bits per heavy atom. The Labute approximate surface area is 138 Å². The van der Waals surface area contributed by atoms with Crippen LogP contribution in [0.5, 0.6) is 5.75 Å². The highest BCUT2D eigenvalue weighted by Gasteiger charge is 2.19. The number of nitrogens with zero attached hydrogens (tertiary/aromatic N) is 1. The second kappa shape index (κ2) is 6.61. The Balaban J connectivity index is 2.29. The van der Waals surface area contributed by atoms with E-state index in [-0.39, 0.29) is 5.56 Å². The lowest BCUT2D eigenvalue weighted by Crippen LogP contribution is -2.27. The van der Waals surface area contributed by atoms with Crippen molar-refractivity contribution in [1.29, 1.82) is 0 Å². The lowest BCUT2D eigenvalue weighted by Gasteiger charge is -2.20. The highest BCUT2D eigenvalue weighted by molar-refractivity contribution is 5.95. The predicted molar refractivity (Wildman–Crippen MR) is 87.4 cm³/mol. The van der Waals surface area contributed by atoms with E-state index < -0.39 is 17.7 Å². The number of anilines is 1. The minimum atomic E-state index is -1.09. The maximum atomic E-state index is 11.9. The van der Waals surface area contributed by atoms with Gasteiger partial charge in [-0.1, -0.05) is 6.07 Å². The van der Waals surface area contributed by atoms with Gasteiger partial charge in [0.2, 0.25) is 0 Å². The molecule has 0 unspecified atom stereocenters. The van der Waals surface area contributed by atoms with Crippen molar-refractivity contribution in [2.75, 3.05) is 12.4 Å². The molecular formula is C16H19N3O5. The third-order valence-corrected chi connectivity index (χ3v) is 3.00. The predicted octanol–water partition coefficient (Wildman–Crippen LogP) is 3.13. The summed E-state index contributed by atoms with van der Waals surface area (Å²) in [7, 11) is 1.45. The molecule has 0 aliphatic rings. The van der Waals surface area contributed by atoms with Crippen molar-refractivity contribution in [2.24, 2.45) is 0 Å². The Kier molecular flexibility index (Phi) is 4.77. The zero-order valence-corrected chi connectivity index (χ0v) is 13.8. The molecule has 1 aromatic carbocycles. The molecule has 2 aromatic rings. The number of aromatic amines is 1. The molecule has 0 saturated heterocycles. The van der Waals surface area contributed by atoms with Crippen molar-refractivity contribution in [2.45, 2.75) is 26.4 Å². The number of ether oxygens (including phenoxy) is 2. The number of carboxylic acids is 1. The van der Waals surface area contributed by atoms with Crippen LogP contribution in [0.4, 0.5) is 10.5 Å². The Morgan fingerprint density at radius 3 is 2.58 bits per heavy atom. The van der Waals surface area contributed by atoms with Crippen LogP contribution in [0.25, 0.3) is 11.3 Å². The van der Waals surface area contributed by atoms with Gasteiger partial charge in [0.1, 0.15) is 16.9 Å². The van der Waals surface area contributed by atoms with Crippen LogP contribution in [0.15, 0.2) is 24.4 Å². The smallest absolute Gasteiger partial charge is 0.412 e. The molecule has 3 N–H and O–H groups in total. The average molecular weight is 333 g/mol. The highest BCUT2D eigenvalue weighted by Crippen LogP contribution is 2.31. The molecule has 8 nitrogen and oxygen atoms in total. The van der Waals surface area contributed by atoms with Gasteiger partial charge in [-0.3, -0.25) is 10.4 Å². The number of hydrogen-bond donors (Lipinski definition) is 3. The van der Waals surface area contributed by atoms with Gasteiger partial charge in [0.05, 0.1) is 24.7 Å². The van der Waals surface area contributed by atoms with Crippen molar-refractivity contribution in [3.8, 4) is 17.0 Å². The molecule has 0 atom stereocenters. The van der Waals surface area contributed by atoms with Crippen LogP contribution in [0.1, 0.15) is 31.1 Å². The van der Waals surface area contributed by atoms with Crippen molar-refractivity contribution in [3.05, 3.63) is 30.0 Å². The monoisotopic (exact) mass is 333 g/mol. The first kappa shape index (κ1) is 17.3. The first-order valence-corrected chi connectivity index (χ1v) is 7.16. The van der Waals surface area contributed by atoms with Gasteiger partial charge in [0.15, 0.2) is 0 Å². The third kappa shape index (κ3) is 4.03. The summed E-state index contributed by atoms with van der Waals surface area (Å²) < 4.78 is 10.5. The minimum Gasteiger partial charge on any atom is -0.495 e. The van der Waals surface area contributed by atoms with Gasteiger partial charge in [0.25, 0.3) is 0 Å². The minimum absolute atomic E-state index is 0.0462. The maximum Gasteiger partial charge on any atom is 0.412 e. The van der Waals surface area contributed by atoms with Crippen LogP contribution in [-0.2, 0) is 4.74 Å². The van der Waals surface area contributed by atoms with E-state index in [1.807, 2.05) is 0 Å². The lowest BCUT2D eigenvalue weighted by molar-refractivity contribution is 0.0633. The number of hydrogen-bond acceptors (Lipinski definition) is 5.